The predicted octanol–water partition coefficient (Wildman–Crippen LogP) is 3.97. The molecule has 0 aromatic heterocycles. The van der Waals surface area contributed by atoms with Crippen molar-refractivity contribution in [2.24, 2.45) is 0 Å². The fraction of sp³-hybridized carbons (Fsp3) is 0.588. The molecule has 22 heavy (non-hydrogen) atoms. The average molecular weight is 323 g/mol. The number of carbonyl (C=O) groups excluding carboxylic acids is 1. The van der Waals surface area contributed by atoms with E-state index in [-0.39, 0.29) is 10.8 Å². The lowest BCUT2D eigenvalue weighted by molar-refractivity contribution is 0.0869. The zero-order valence-electron chi connectivity index (χ0n) is 13.3. The Hall–Kier alpha value is -1.36. The molecule has 0 saturated heterocycles. The molecule has 4 nitrogen and oxygen atoms in total. The molecule has 1 aliphatic heterocycles. The molecule has 0 fully saturated rings. The van der Waals surface area contributed by atoms with Crippen molar-refractivity contribution in [2.45, 2.75) is 63.2 Å². The summed E-state index contributed by atoms with van der Waals surface area (Å²) in [6, 6.07) is 6.45. The van der Waals surface area contributed by atoms with Crippen molar-refractivity contribution in [3.05, 3.63) is 29.8 Å². The van der Waals surface area contributed by atoms with Crippen molar-refractivity contribution in [1.29, 1.82) is 0 Å². The molecule has 1 amide bonds. The van der Waals surface area contributed by atoms with E-state index >= 15 is 0 Å². The van der Waals surface area contributed by atoms with Crippen LogP contribution in [0.1, 0.15) is 68.6 Å². The maximum atomic E-state index is 12.3. The fourth-order valence-electron chi connectivity index (χ4n) is 2.84. The van der Waals surface area contributed by atoms with Gasteiger partial charge in [0.25, 0.3) is 15.9 Å². The summed E-state index contributed by atoms with van der Waals surface area (Å²) in [5.41, 5.74) is 0.307. The van der Waals surface area contributed by atoms with Gasteiger partial charge in [-0.15, -0.1) is 0 Å². The van der Waals surface area contributed by atoms with Gasteiger partial charge in [-0.25, -0.2) is 12.7 Å². The van der Waals surface area contributed by atoms with Gasteiger partial charge in [-0.2, -0.15) is 0 Å². The number of sulfonamides is 1. The van der Waals surface area contributed by atoms with E-state index in [0.717, 1.165) is 23.6 Å². The van der Waals surface area contributed by atoms with Gasteiger partial charge in [-0.3, -0.25) is 4.79 Å². The molecule has 0 radical (unpaired) electrons. The van der Waals surface area contributed by atoms with Crippen LogP contribution in [0.25, 0.3) is 0 Å². The first kappa shape index (κ1) is 17.0. The van der Waals surface area contributed by atoms with Gasteiger partial charge in [0, 0.05) is 6.54 Å². The summed E-state index contributed by atoms with van der Waals surface area (Å²) in [5, 5.41) is 0. The number of hydrogen-bond acceptors (Lipinski definition) is 3. The Bertz CT molecular complexity index is 610. The molecule has 1 aliphatic rings. The Labute approximate surface area is 133 Å². The SMILES string of the molecule is CCCCCCCCCCN1C(=O)c2ccccc2S1(=O)=O. The molecule has 0 saturated carbocycles. The maximum absolute atomic E-state index is 12.3. The van der Waals surface area contributed by atoms with Gasteiger partial charge in [-0.1, -0.05) is 64.0 Å². The highest BCUT2D eigenvalue weighted by Gasteiger charge is 2.40. The molecule has 0 spiro atoms. The second-order valence-electron chi connectivity index (χ2n) is 5.85. The molecule has 5 heteroatoms. The predicted molar refractivity (Wildman–Crippen MR) is 87.3 cm³/mol. The van der Waals surface area contributed by atoms with Crippen LogP contribution in [0.3, 0.4) is 0 Å². The van der Waals surface area contributed by atoms with Crippen LogP contribution in [-0.4, -0.2) is 25.2 Å². The third kappa shape index (κ3) is 3.69. The van der Waals surface area contributed by atoms with Crippen LogP contribution in [0.15, 0.2) is 29.2 Å². The van der Waals surface area contributed by atoms with Crippen LogP contribution < -0.4 is 0 Å². The Kier molecular flexibility index (Phi) is 6.00. The zero-order valence-corrected chi connectivity index (χ0v) is 14.1. The van der Waals surface area contributed by atoms with Gasteiger partial charge < -0.3 is 0 Å². The zero-order chi connectivity index (χ0) is 16.0. The molecule has 1 aromatic rings. The molecule has 1 aromatic carbocycles. The normalized spacial score (nSPS) is 16.0. The number of hydrogen-bond donors (Lipinski definition) is 0. The summed E-state index contributed by atoms with van der Waals surface area (Å²) < 4.78 is 25.7. The summed E-state index contributed by atoms with van der Waals surface area (Å²) in [6.07, 6.45) is 9.09. The van der Waals surface area contributed by atoms with Gasteiger partial charge in [0.05, 0.1) is 5.56 Å². The third-order valence-electron chi connectivity index (χ3n) is 4.13. The van der Waals surface area contributed by atoms with Crippen molar-refractivity contribution in [3.63, 3.8) is 0 Å². The van der Waals surface area contributed by atoms with E-state index in [1.807, 2.05) is 0 Å². The number of unbranched alkanes of at least 4 members (excludes halogenated alkanes) is 7. The van der Waals surface area contributed by atoms with Gasteiger partial charge in [-0.05, 0) is 18.6 Å². The lowest BCUT2D eigenvalue weighted by atomic mass is 10.1. The van der Waals surface area contributed by atoms with E-state index in [0.29, 0.717) is 12.1 Å². The van der Waals surface area contributed by atoms with E-state index in [1.165, 1.54) is 38.2 Å². The minimum absolute atomic E-state index is 0.152. The Balaban J connectivity index is 1.79. The summed E-state index contributed by atoms with van der Waals surface area (Å²) in [4.78, 5) is 12.3. The first-order valence-corrected chi connectivity index (χ1v) is 9.69. The van der Waals surface area contributed by atoms with Gasteiger partial charge in [0.1, 0.15) is 4.90 Å². The average Bonchev–Trinajstić information content (AvgIpc) is 2.71. The molecular weight excluding hydrogens is 298 g/mol. The highest BCUT2D eigenvalue weighted by atomic mass is 32.2. The smallest absolute Gasteiger partial charge is 0.268 e. The fourth-order valence-corrected chi connectivity index (χ4v) is 4.45. The van der Waals surface area contributed by atoms with Crippen molar-refractivity contribution in [1.82, 2.24) is 4.31 Å². The van der Waals surface area contributed by atoms with E-state index in [2.05, 4.69) is 6.92 Å². The van der Waals surface area contributed by atoms with Crippen LogP contribution in [0, 0.1) is 0 Å². The molecule has 0 N–H and O–H groups in total. The maximum Gasteiger partial charge on any atom is 0.269 e. The first-order chi connectivity index (χ1) is 10.6. The number of nitrogens with zero attached hydrogens (tertiary/aromatic N) is 1. The Morgan fingerprint density at radius 2 is 1.50 bits per heavy atom. The summed E-state index contributed by atoms with van der Waals surface area (Å²) in [5.74, 6) is -0.376. The highest BCUT2D eigenvalue weighted by molar-refractivity contribution is 7.90. The van der Waals surface area contributed by atoms with Crippen LogP contribution in [0.5, 0.6) is 0 Å². The largest absolute Gasteiger partial charge is 0.269 e. The lowest BCUT2D eigenvalue weighted by Gasteiger charge is -2.14. The quantitative estimate of drug-likeness (QED) is 0.646. The molecule has 0 aliphatic carbocycles. The van der Waals surface area contributed by atoms with Gasteiger partial charge in [0.15, 0.2) is 0 Å². The summed E-state index contributed by atoms with van der Waals surface area (Å²) in [7, 11) is -3.62. The second-order valence-corrected chi connectivity index (χ2v) is 7.68. The highest BCUT2D eigenvalue weighted by Crippen LogP contribution is 2.30. The molecule has 1 heterocycles. The third-order valence-corrected chi connectivity index (χ3v) is 5.97. The van der Waals surface area contributed by atoms with Crippen LogP contribution in [-0.2, 0) is 10.0 Å². The van der Waals surface area contributed by atoms with Gasteiger partial charge >= 0.3 is 0 Å². The Morgan fingerprint density at radius 3 is 2.14 bits per heavy atom. The number of carbonyl (C=O) groups is 1. The number of benzene rings is 1. The van der Waals surface area contributed by atoms with E-state index in [1.54, 1.807) is 18.2 Å². The van der Waals surface area contributed by atoms with Crippen molar-refractivity contribution in [3.8, 4) is 0 Å². The van der Waals surface area contributed by atoms with Crippen LogP contribution in [0.2, 0.25) is 0 Å². The minimum atomic E-state index is -3.62. The monoisotopic (exact) mass is 323 g/mol. The number of fused-ring (bicyclic) bond motifs is 1. The van der Waals surface area contributed by atoms with Crippen molar-refractivity contribution < 1.29 is 13.2 Å². The molecule has 122 valence electrons. The molecule has 0 unspecified atom stereocenters. The topological polar surface area (TPSA) is 54.5 Å². The van der Waals surface area contributed by atoms with Crippen molar-refractivity contribution in [2.75, 3.05) is 6.54 Å². The molecule has 0 atom stereocenters. The molecule has 0 bridgehead atoms. The van der Waals surface area contributed by atoms with Gasteiger partial charge in [0.2, 0.25) is 0 Å². The summed E-state index contributed by atoms with van der Waals surface area (Å²) >= 11 is 0. The van der Waals surface area contributed by atoms with E-state index in [9.17, 15) is 13.2 Å². The Morgan fingerprint density at radius 1 is 0.909 bits per heavy atom. The summed E-state index contributed by atoms with van der Waals surface area (Å²) in [6.45, 7) is 2.50. The van der Waals surface area contributed by atoms with E-state index < -0.39 is 10.0 Å². The van der Waals surface area contributed by atoms with E-state index in [4.69, 9.17) is 0 Å². The number of rotatable bonds is 9. The number of amides is 1. The van der Waals surface area contributed by atoms with Crippen LogP contribution >= 0.6 is 0 Å². The van der Waals surface area contributed by atoms with Crippen LogP contribution in [0.4, 0.5) is 0 Å². The molecule has 2 rings (SSSR count). The first-order valence-electron chi connectivity index (χ1n) is 8.25. The second kappa shape index (κ2) is 7.77. The molecular formula is C17H25NO3S. The standard InChI is InChI=1S/C17H25NO3S/c1-2-3-4-5-6-7-8-11-14-18-17(19)15-12-9-10-13-16(15)22(18,20)21/h9-10,12-13H,2-8,11,14H2,1H3. The lowest BCUT2D eigenvalue weighted by Crippen LogP contribution is -2.30. The minimum Gasteiger partial charge on any atom is -0.268 e. The van der Waals surface area contributed by atoms with Crippen molar-refractivity contribution >= 4 is 15.9 Å².